The first-order valence-corrected chi connectivity index (χ1v) is 6.98. The second-order valence-corrected chi connectivity index (χ2v) is 4.87. The zero-order valence-electron chi connectivity index (χ0n) is 11.4. The van der Waals surface area contributed by atoms with Gasteiger partial charge in [0.1, 0.15) is 6.10 Å². The SMILES string of the molecule is CCCCC(CCC)C(O)C(=O)c1ccccc1. The number of ketones is 1. The number of unbranched alkanes of at least 4 members (excludes halogenated alkanes) is 1. The van der Waals surface area contributed by atoms with Gasteiger partial charge in [-0.25, -0.2) is 0 Å². The molecule has 0 radical (unpaired) electrons. The molecule has 0 aliphatic rings. The Balaban J connectivity index is 2.69. The van der Waals surface area contributed by atoms with Crippen molar-refractivity contribution in [1.82, 2.24) is 0 Å². The average Bonchev–Trinajstić information content (AvgIpc) is 2.43. The van der Waals surface area contributed by atoms with Crippen LogP contribution >= 0.6 is 0 Å². The molecule has 1 rings (SSSR count). The molecular weight excluding hydrogens is 224 g/mol. The lowest BCUT2D eigenvalue weighted by molar-refractivity contribution is 0.0567. The third-order valence-corrected chi connectivity index (χ3v) is 3.36. The van der Waals surface area contributed by atoms with Gasteiger partial charge in [-0.3, -0.25) is 4.79 Å². The standard InChI is InChI=1S/C16H24O2/c1-3-5-10-13(9-4-2)15(17)16(18)14-11-7-6-8-12-14/h6-8,11-13,15,17H,3-5,9-10H2,1-2H3. The quantitative estimate of drug-likeness (QED) is 0.710. The summed E-state index contributed by atoms with van der Waals surface area (Å²) in [6, 6.07) is 9.09. The van der Waals surface area contributed by atoms with Crippen molar-refractivity contribution in [3.8, 4) is 0 Å². The molecule has 0 spiro atoms. The summed E-state index contributed by atoms with van der Waals surface area (Å²) in [4.78, 5) is 12.2. The van der Waals surface area contributed by atoms with Crippen molar-refractivity contribution < 1.29 is 9.90 Å². The van der Waals surface area contributed by atoms with Gasteiger partial charge in [-0.05, 0) is 18.8 Å². The van der Waals surface area contributed by atoms with Gasteiger partial charge in [0.2, 0.25) is 0 Å². The van der Waals surface area contributed by atoms with Gasteiger partial charge in [0.25, 0.3) is 0 Å². The van der Waals surface area contributed by atoms with Crippen LogP contribution in [0.15, 0.2) is 30.3 Å². The van der Waals surface area contributed by atoms with Crippen LogP contribution in [-0.4, -0.2) is 17.0 Å². The molecule has 0 heterocycles. The number of carbonyl (C=O) groups is 1. The molecule has 0 saturated carbocycles. The molecule has 2 atom stereocenters. The van der Waals surface area contributed by atoms with E-state index in [-0.39, 0.29) is 11.7 Å². The summed E-state index contributed by atoms with van der Waals surface area (Å²) in [6.07, 6.45) is 4.19. The molecule has 0 aromatic heterocycles. The summed E-state index contributed by atoms with van der Waals surface area (Å²) in [5.41, 5.74) is 0.614. The Morgan fingerprint density at radius 2 is 1.78 bits per heavy atom. The maximum absolute atomic E-state index is 12.2. The van der Waals surface area contributed by atoms with E-state index in [1.165, 1.54) is 0 Å². The molecule has 100 valence electrons. The lowest BCUT2D eigenvalue weighted by Crippen LogP contribution is -2.29. The predicted octanol–water partition coefficient (Wildman–Crippen LogP) is 3.84. The minimum atomic E-state index is -0.848. The van der Waals surface area contributed by atoms with Crippen LogP contribution in [0, 0.1) is 5.92 Å². The summed E-state index contributed by atoms with van der Waals surface area (Å²) < 4.78 is 0. The number of hydrogen-bond donors (Lipinski definition) is 1. The van der Waals surface area contributed by atoms with Crippen LogP contribution in [0.3, 0.4) is 0 Å². The minimum absolute atomic E-state index is 0.0997. The number of Topliss-reactive ketones (excluding diaryl/α,β-unsaturated/α-hetero) is 1. The van der Waals surface area contributed by atoms with E-state index in [4.69, 9.17) is 0 Å². The Morgan fingerprint density at radius 1 is 1.11 bits per heavy atom. The van der Waals surface area contributed by atoms with Crippen LogP contribution in [-0.2, 0) is 0 Å². The number of aliphatic hydroxyl groups is 1. The molecule has 0 amide bonds. The molecule has 0 fully saturated rings. The van der Waals surface area contributed by atoms with Crippen molar-refractivity contribution in [2.45, 2.75) is 52.1 Å². The Kier molecular flexibility index (Phi) is 6.66. The second-order valence-electron chi connectivity index (χ2n) is 4.87. The van der Waals surface area contributed by atoms with E-state index in [2.05, 4.69) is 13.8 Å². The van der Waals surface area contributed by atoms with Gasteiger partial charge in [-0.1, -0.05) is 63.4 Å². The lowest BCUT2D eigenvalue weighted by atomic mass is 9.87. The first-order chi connectivity index (χ1) is 8.70. The Bertz CT molecular complexity index is 345. The highest BCUT2D eigenvalue weighted by atomic mass is 16.3. The first-order valence-electron chi connectivity index (χ1n) is 6.98. The number of aliphatic hydroxyl groups excluding tert-OH is 1. The topological polar surface area (TPSA) is 37.3 Å². The number of carbonyl (C=O) groups excluding carboxylic acids is 1. The maximum atomic E-state index is 12.2. The molecule has 18 heavy (non-hydrogen) atoms. The van der Waals surface area contributed by atoms with Crippen LogP contribution < -0.4 is 0 Å². The molecule has 2 unspecified atom stereocenters. The van der Waals surface area contributed by atoms with E-state index in [0.29, 0.717) is 5.56 Å². The third-order valence-electron chi connectivity index (χ3n) is 3.36. The normalized spacial score (nSPS) is 14.2. The molecule has 0 bridgehead atoms. The molecule has 1 N–H and O–H groups in total. The molecule has 1 aromatic carbocycles. The highest BCUT2D eigenvalue weighted by molar-refractivity contribution is 5.99. The van der Waals surface area contributed by atoms with E-state index >= 15 is 0 Å². The highest BCUT2D eigenvalue weighted by Gasteiger charge is 2.25. The molecule has 0 saturated heterocycles. The predicted molar refractivity (Wildman–Crippen MR) is 74.7 cm³/mol. The molecule has 2 heteroatoms. The minimum Gasteiger partial charge on any atom is -0.385 e. The summed E-state index contributed by atoms with van der Waals surface area (Å²) >= 11 is 0. The average molecular weight is 248 g/mol. The Hall–Kier alpha value is -1.15. The molecule has 2 nitrogen and oxygen atoms in total. The summed E-state index contributed by atoms with van der Waals surface area (Å²) in [6.45, 7) is 4.23. The zero-order valence-corrected chi connectivity index (χ0v) is 11.4. The van der Waals surface area contributed by atoms with Gasteiger partial charge in [-0.2, -0.15) is 0 Å². The van der Waals surface area contributed by atoms with Crippen molar-refractivity contribution in [2.75, 3.05) is 0 Å². The summed E-state index contributed by atoms with van der Waals surface area (Å²) in [5.74, 6) is -0.0344. The summed E-state index contributed by atoms with van der Waals surface area (Å²) in [5, 5.41) is 10.2. The van der Waals surface area contributed by atoms with Gasteiger partial charge in [0.15, 0.2) is 5.78 Å². The van der Waals surface area contributed by atoms with Gasteiger partial charge in [0.05, 0.1) is 0 Å². The zero-order chi connectivity index (χ0) is 13.4. The van der Waals surface area contributed by atoms with Crippen LogP contribution in [0.2, 0.25) is 0 Å². The van der Waals surface area contributed by atoms with E-state index in [1.807, 2.05) is 18.2 Å². The van der Waals surface area contributed by atoms with E-state index in [0.717, 1.165) is 32.1 Å². The highest BCUT2D eigenvalue weighted by Crippen LogP contribution is 2.21. The smallest absolute Gasteiger partial charge is 0.191 e. The van der Waals surface area contributed by atoms with E-state index in [9.17, 15) is 9.90 Å². The van der Waals surface area contributed by atoms with Gasteiger partial charge >= 0.3 is 0 Å². The summed E-state index contributed by atoms with van der Waals surface area (Å²) in [7, 11) is 0. The maximum Gasteiger partial charge on any atom is 0.191 e. The molecule has 0 aliphatic heterocycles. The van der Waals surface area contributed by atoms with Gasteiger partial charge < -0.3 is 5.11 Å². The Morgan fingerprint density at radius 3 is 2.33 bits per heavy atom. The number of rotatable bonds is 8. The largest absolute Gasteiger partial charge is 0.385 e. The first kappa shape index (κ1) is 14.9. The molecule has 0 aliphatic carbocycles. The van der Waals surface area contributed by atoms with E-state index < -0.39 is 6.10 Å². The van der Waals surface area contributed by atoms with Crippen LogP contribution in [0.5, 0.6) is 0 Å². The fraction of sp³-hybridized carbons (Fsp3) is 0.562. The van der Waals surface area contributed by atoms with E-state index in [1.54, 1.807) is 12.1 Å². The van der Waals surface area contributed by atoms with Crippen LogP contribution in [0.1, 0.15) is 56.3 Å². The van der Waals surface area contributed by atoms with Crippen LogP contribution in [0.4, 0.5) is 0 Å². The Labute approximate surface area is 110 Å². The molecule has 1 aromatic rings. The van der Waals surface area contributed by atoms with Crippen molar-refractivity contribution in [3.63, 3.8) is 0 Å². The lowest BCUT2D eigenvalue weighted by Gasteiger charge is -2.21. The van der Waals surface area contributed by atoms with Gasteiger partial charge in [0, 0.05) is 5.56 Å². The fourth-order valence-corrected chi connectivity index (χ4v) is 2.28. The number of benzene rings is 1. The monoisotopic (exact) mass is 248 g/mol. The number of hydrogen-bond acceptors (Lipinski definition) is 2. The van der Waals surface area contributed by atoms with Crippen molar-refractivity contribution >= 4 is 5.78 Å². The van der Waals surface area contributed by atoms with Crippen molar-refractivity contribution in [2.24, 2.45) is 5.92 Å². The second kappa shape index (κ2) is 8.04. The fourth-order valence-electron chi connectivity index (χ4n) is 2.28. The third kappa shape index (κ3) is 4.26. The van der Waals surface area contributed by atoms with Crippen molar-refractivity contribution in [1.29, 1.82) is 0 Å². The molecular formula is C16H24O2. The van der Waals surface area contributed by atoms with Crippen molar-refractivity contribution in [3.05, 3.63) is 35.9 Å². The van der Waals surface area contributed by atoms with Gasteiger partial charge in [-0.15, -0.1) is 0 Å². The van der Waals surface area contributed by atoms with Crippen LogP contribution in [0.25, 0.3) is 0 Å².